The predicted octanol–water partition coefficient (Wildman–Crippen LogP) is 1.64. The van der Waals surface area contributed by atoms with Gasteiger partial charge in [-0.2, -0.15) is 0 Å². The van der Waals surface area contributed by atoms with E-state index in [1.165, 1.54) is 0 Å². The fourth-order valence-corrected chi connectivity index (χ4v) is 1.05. The van der Waals surface area contributed by atoms with Gasteiger partial charge in [-0.3, -0.25) is 4.79 Å². The van der Waals surface area contributed by atoms with Crippen molar-refractivity contribution in [2.45, 2.75) is 27.2 Å². The van der Waals surface area contributed by atoms with E-state index in [1.54, 1.807) is 18.5 Å². The Labute approximate surface area is 90.1 Å². The van der Waals surface area contributed by atoms with Gasteiger partial charge in [-0.15, -0.1) is 0 Å². The molecule has 1 heterocycles. The van der Waals surface area contributed by atoms with Crippen LogP contribution in [0.5, 0.6) is 0 Å². The van der Waals surface area contributed by atoms with Gasteiger partial charge >= 0.3 is 0 Å². The molecule has 1 aromatic heterocycles. The van der Waals surface area contributed by atoms with Crippen molar-refractivity contribution in [1.29, 1.82) is 0 Å². The van der Waals surface area contributed by atoms with Crippen LogP contribution >= 0.6 is 0 Å². The van der Waals surface area contributed by atoms with Gasteiger partial charge in [0, 0.05) is 18.9 Å². The quantitative estimate of drug-likeness (QED) is 0.819. The molecule has 0 aliphatic rings. The Morgan fingerprint density at radius 2 is 1.93 bits per heavy atom. The van der Waals surface area contributed by atoms with Crippen LogP contribution in [0.2, 0.25) is 0 Å². The van der Waals surface area contributed by atoms with Crippen LogP contribution in [0.1, 0.15) is 37.8 Å². The molecular formula is C11H17N3O. The second-order valence-electron chi connectivity index (χ2n) is 4.64. The normalized spacial score (nSPS) is 11.1. The summed E-state index contributed by atoms with van der Waals surface area (Å²) in [6, 6.07) is 1.69. The Morgan fingerprint density at radius 3 is 2.47 bits per heavy atom. The molecule has 0 saturated heterocycles. The highest BCUT2D eigenvalue weighted by Gasteiger charge is 2.12. The molecule has 1 N–H and O–H groups in total. The van der Waals surface area contributed by atoms with Gasteiger partial charge in [0.15, 0.2) is 0 Å². The van der Waals surface area contributed by atoms with Crippen LogP contribution in [0.25, 0.3) is 0 Å². The Balaban J connectivity index is 2.38. The van der Waals surface area contributed by atoms with Gasteiger partial charge in [-0.1, -0.05) is 20.8 Å². The summed E-state index contributed by atoms with van der Waals surface area (Å²) >= 11 is 0. The van der Waals surface area contributed by atoms with Crippen molar-refractivity contribution < 1.29 is 4.79 Å². The lowest BCUT2D eigenvalue weighted by Gasteiger charge is -2.17. The third-order valence-corrected chi connectivity index (χ3v) is 1.93. The SMILES string of the molecule is CC(C)(C)CCNC(=O)c1ncccn1. The lowest BCUT2D eigenvalue weighted by atomic mass is 9.92. The van der Waals surface area contributed by atoms with Gasteiger partial charge in [0.05, 0.1) is 0 Å². The average molecular weight is 207 g/mol. The molecule has 82 valence electrons. The molecule has 1 rings (SSSR count). The van der Waals surface area contributed by atoms with E-state index in [9.17, 15) is 4.79 Å². The molecule has 0 spiro atoms. The van der Waals surface area contributed by atoms with Crippen molar-refractivity contribution in [3.05, 3.63) is 24.3 Å². The molecule has 1 amide bonds. The molecule has 15 heavy (non-hydrogen) atoms. The standard InChI is InChI=1S/C11H17N3O/c1-11(2,3)5-8-14-10(15)9-12-6-4-7-13-9/h4,6-7H,5,8H2,1-3H3,(H,14,15). The van der Waals surface area contributed by atoms with Crippen molar-refractivity contribution in [3.8, 4) is 0 Å². The second kappa shape index (κ2) is 4.87. The molecule has 4 nitrogen and oxygen atoms in total. The van der Waals surface area contributed by atoms with Gasteiger partial charge in [-0.05, 0) is 17.9 Å². The molecule has 4 heteroatoms. The summed E-state index contributed by atoms with van der Waals surface area (Å²) in [7, 11) is 0. The van der Waals surface area contributed by atoms with Crippen molar-refractivity contribution in [2.24, 2.45) is 5.41 Å². The van der Waals surface area contributed by atoms with Gasteiger partial charge in [0.2, 0.25) is 5.82 Å². The number of aromatic nitrogens is 2. The van der Waals surface area contributed by atoms with E-state index < -0.39 is 0 Å². The van der Waals surface area contributed by atoms with E-state index in [1.807, 2.05) is 0 Å². The monoisotopic (exact) mass is 207 g/mol. The van der Waals surface area contributed by atoms with Crippen molar-refractivity contribution in [2.75, 3.05) is 6.54 Å². The fourth-order valence-electron chi connectivity index (χ4n) is 1.05. The largest absolute Gasteiger partial charge is 0.349 e. The third kappa shape index (κ3) is 4.54. The zero-order chi connectivity index (χ0) is 11.3. The van der Waals surface area contributed by atoms with Crippen LogP contribution in [-0.4, -0.2) is 22.4 Å². The number of amides is 1. The van der Waals surface area contributed by atoms with E-state index in [0.717, 1.165) is 6.42 Å². The van der Waals surface area contributed by atoms with Gasteiger partial charge in [-0.25, -0.2) is 9.97 Å². The van der Waals surface area contributed by atoms with Crippen LogP contribution in [0.4, 0.5) is 0 Å². The minimum atomic E-state index is -0.208. The van der Waals surface area contributed by atoms with Gasteiger partial charge in [0.1, 0.15) is 0 Å². The summed E-state index contributed by atoms with van der Waals surface area (Å²) in [6.07, 6.45) is 4.06. The van der Waals surface area contributed by atoms with Crippen LogP contribution in [-0.2, 0) is 0 Å². The second-order valence-corrected chi connectivity index (χ2v) is 4.64. The van der Waals surface area contributed by atoms with Gasteiger partial charge < -0.3 is 5.32 Å². The molecular weight excluding hydrogens is 190 g/mol. The third-order valence-electron chi connectivity index (χ3n) is 1.93. The highest BCUT2D eigenvalue weighted by Crippen LogP contribution is 2.16. The molecule has 0 aliphatic heterocycles. The average Bonchev–Trinajstić information content (AvgIpc) is 2.17. The maximum atomic E-state index is 11.5. The van der Waals surface area contributed by atoms with E-state index >= 15 is 0 Å². The number of hydrogen-bond acceptors (Lipinski definition) is 3. The van der Waals surface area contributed by atoms with E-state index in [4.69, 9.17) is 0 Å². The Hall–Kier alpha value is -1.45. The lowest BCUT2D eigenvalue weighted by Crippen LogP contribution is -2.28. The van der Waals surface area contributed by atoms with Gasteiger partial charge in [0.25, 0.3) is 5.91 Å². The summed E-state index contributed by atoms with van der Waals surface area (Å²) in [6.45, 7) is 7.06. The summed E-state index contributed by atoms with van der Waals surface area (Å²) in [5.74, 6) is 0.0197. The number of carbonyl (C=O) groups is 1. The Kier molecular flexibility index (Phi) is 3.77. The highest BCUT2D eigenvalue weighted by atomic mass is 16.2. The number of hydrogen-bond donors (Lipinski definition) is 1. The number of rotatable bonds is 3. The minimum Gasteiger partial charge on any atom is -0.349 e. The zero-order valence-electron chi connectivity index (χ0n) is 9.45. The van der Waals surface area contributed by atoms with Crippen LogP contribution in [0, 0.1) is 5.41 Å². The van der Waals surface area contributed by atoms with E-state index in [-0.39, 0.29) is 17.1 Å². The molecule has 0 bridgehead atoms. The Morgan fingerprint density at radius 1 is 1.33 bits per heavy atom. The number of nitrogens with zero attached hydrogens (tertiary/aromatic N) is 2. The molecule has 0 saturated carbocycles. The first kappa shape index (κ1) is 11.6. The molecule has 0 aliphatic carbocycles. The molecule has 0 fully saturated rings. The van der Waals surface area contributed by atoms with E-state index in [0.29, 0.717) is 6.54 Å². The van der Waals surface area contributed by atoms with Crippen molar-refractivity contribution >= 4 is 5.91 Å². The lowest BCUT2D eigenvalue weighted by molar-refractivity contribution is 0.0939. The first-order chi connectivity index (χ1) is 6.99. The smallest absolute Gasteiger partial charge is 0.289 e. The number of nitrogens with one attached hydrogen (secondary N) is 1. The summed E-state index contributed by atoms with van der Waals surface area (Å²) < 4.78 is 0. The predicted molar refractivity (Wildman–Crippen MR) is 58.4 cm³/mol. The van der Waals surface area contributed by atoms with Crippen molar-refractivity contribution in [1.82, 2.24) is 15.3 Å². The van der Waals surface area contributed by atoms with Crippen LogP contribution < -0.4 is 5.32 Å². The highest BCUT2D eigenvalue weighted by molar-refractivity contribution is 5.90. The summed E-state index contributed by atoms with van der Waals surface area (Å²) in [5, 5.41) is 2.79. The molecule has 0 aromatic carbocycles. The molecule has 0 atom stereocenters. The van der Waals surface area contributed by atoms with E-state index in [2.05, 4.69) is 36.1 Å². The molecule has 0 unspecified atom stereocenters. The minimum absolute atomic E-state index is 0.208. The molecule has 0 radical (unpaired) electrons. The maximum Gasteiger partial charge on any atom is 0.289 e. The number of carbonyl (C=O) groups excluding carboxylic acids is 1. The van der Waals surface area contributed by atoms with Crippen molar-refractivity contribution in [3.63, 3.8) is 0 Å². The van der Waals surface area contributed by atoms with Crippen LogP contribution in [0.3, 0.4) is 0 Å². The van der Waals surface area contributed by atoms with Crippen LogP contribution in [0.15, 0.2) is 18.5 Å². The molecule has 1 aromatic rings. The Bertz CT molecular complexity index is 316. The first-order valence-electron chi connectivity index (χ1n) is 5.04. The fraction of sp³-hybridized carbons (Fsp3) is 0.545. The summed E-state index contributed by atoms with van der Waals surface area (Å²) in [5.41, 5.74) is 0.227. The topological polar surface area (TPSA) is 54.9 Å². The zero-order valence-corrected chi connectivity index (χ0v) is 9.45. The first-order valence-corrected chi connectivity index (χ1v) is 5.04. The maximum absolute atomic E-state index is 11.5. The summed E-state index contributed by atoms with van der Waals surface area (Å²) in [4.78, 5) is 19.2.